The maximum atomic E-state index is 12.8. The van der Waals surface area contributed by atoms with Gasteiger partial charge < -0.3 is 19.8 Å². The van der Waals surface area contributed by atoms with E-state index in [-0.39, 0.29) is 17.3 Å². The summed E-state index contributed by atoms with van der Waals surface area (Å²) in [6.07, 6.45) is 1.41. The van der Waals surface area contributed by atoms with Crippen LogP contribution in [0.1, 0.15) is 30.0 Å². The Kier molecular flexibility index (Phi) is 7.81. The number of ether oxygens (including phenoxy) is 1. The van der Waals surface area contributed by atoms with Crippen molar-refractivity contribution in [3.63, 3.8) is 0 Å². The van der Waals surface area contributed by atoms with Gasteiger partial charge in [-0.15, -0.1) is 0 Å². The van der Waals surface area contributed by atoms with E-state index in [9.17, 15) is 19.7 Å². The summed E-state index contributed by atoms with van der Waals surface area (Å²) in [5.74, 6) is 0.561. The Labute approximate surface area is 196 Å². The van der Waals surface area contributed by atoms with Crippen molar-refractivity contribution in [3.05, 3.63) is 87.8 Å². The van der Waals surface area contributed by atoms with Crippen LogP contribution in [0.3, 0.4) is 0 Å². The van der Waals surface area contributed by atoms with Crippen molar-refractivity contribution < 1.29 is 23.7 Å². The molecule has 3 aromatic rings. The molecule has 0 radical (unpaired) electrons. The van der Waals surface area contributed by atoms with E-state index in [0.29, 0.717) is 34.9 Å². The largest absolute Gasteiger partial charge is 0.497 e. The summed E-state index contributed by atoms with van der Waals surface area (Å²) >= 11 is 0. The smallest absolute Gasteiger partial charge is 0.270 e. The van der Waals surface area contributed by atoms with Crippen molar-refractivity contribution in [2.45, 2.75) is 13.8 Å². The molecule has 34 heavy (non-hydrogen) atoms. The van der Waals surface area contributed by atoms with Crippen LogP contribution in [0.5, 0.6) is 5.75 Å². The van der Waals surface area contributed by atoms with Gasteiger partial charge in [0.1, 0.15) is 23.0 Å². The number of non-ortho nitro benzene ring substituents is 1. The van der Waals surface area contributed by atoms with E-state index in [0.717, 1.165) is 0 Å². The number of benzene rings is 2. The Morgan fingerprint density at radius 2 is 1.85 bits per heavy atom. The summed E-state index contributed by atoms with van der Waals surface area (Å²) in [5.41, 5.74) is 0.801. The van der Waals surface area contributed by atoms with E-state index < -0.39 is 16.7 Å². The van der Waals surface area contributed by atoms with Gasteiger partial charge in [-0.05, 0) is 42.3 Å². The second kappa shape index (κ2) is 11.0. The van der Waals surface area contributed by atoms with Gasteiger partial charge in [0.05, 0.1) is 12.0 Å². The molecule has 0 atom stereocenters. The second-order valence-corrected chi connectivity index (χ2v) is 7.85. The van der Waals surface area contributed by atoms with Gasteiger partial charge in [0.2, 0.25) is 0 Å². The van der Waals surface area contributed by atoms with E-state index in [1.807, 2.05) is 13.8 Å². The summed E-state index contributed by atoms with van der Waals surface area (Å²) in [4.78, 5) is 36.1. The fourth-order valence-electron chi connectivity index (χ4n) is 2.99. The van der Waals surface area contributed by atoms with Crippen molar-refractivity contribution in [1.82, 2.24) is 10.6 Å². The number of amides is 2. The minimum atomic E-state index is -0.487. The standard InChI is InChI=1S/C25H25N3O6/c1-16(2)15-26-25(30)22(27-24(29)17-7-9-20(33-3)10-8-17)14-21-11-12-23(34-21)18-5-4-6-19(13-18)28(31)32/h4-14,16H,15H2,1-3H3,(H,26,30)(H,27,29)/b22-14-. The number of carbonyl (C=O) groups is 2. The van der Waals surface area contributed by atoms with Crippen LogP contribution in [0.2, 0.25) is 0 Å². The Hall–Kier alpha value is -4.40. The number of nitrogens with zero attached hydrogens (tertiary/aromatic N) is 1. The molecule has 0 bridgehead atoms. The highest BCUT2D eigenvalue weighted by molar-refractivity contribution is 6.05. The molecular formula is C25H25N3O6. The third kappa shape index (κ3) is 6.32. The second-order valence-electron chi connectivity index (χ2n) is 7.85. The number of nitrogens with one attached hydrogen (secondary N) is 2. The lowest BCUT2D eigenvalue weighted by molar-refractivity contribution is -0.384. The Bertz CT molecular complexity index is 1210. The van der Waals surface area contributed by atoms with E-state index >= 15 is 0 Å². The number of carbonyl (C=O) groups excluding carboxylic acids is 2. The molecule has 1 aromatic heterocycles. The zero-order valence-electron chi connectivity index (χ0n) is 19.0. The number of furan rings is 1. The molecule has 9 heteroatoms. The van der Waals surface area contributed by atoms with Gasteiger partial charge in [0.25, 0.3) is 17.5 Å². The highest BCUT2D eigenvalue weighted by Crippen LogP contribution is 2.26. The number of nitro benzene ring substituents is 1. The summed E-state index contributed by atoms with van der Waals surface area (Å²) in [7, 11) is 1.53. The molecule has 176 valence electrons. The Morgan fingerprint density at radius 1 is 1.12 bits per heavy atom. The van der Waals surface area contributed by atoms with Crippen LogP contribution in [0, 0.1) is 16.0 Å². The first-order chi connectivity index (χ1) is 16.3. The molecule has 0 aliphatic rings. The normalized spacial score (nSPS) is 11.2. The Morgan fingerprint density at radius 3 is 2.50 bits per heavy atom. The predicted octanol–water partition coefficient (Wildman–Crippen LogP) is 4.41. The lowest BCUT2D eigenvalue weighted by Gasteiger charge is -2.12. The topological polar surface area (TPSA) is 124 Å². The minimum Gasteiger partial charge on any atom is -0.497 e. The van der Waals surface area contributed by atoms with Crippen molar-refractivity contribution >= 4 is 23.6 Å². The first-order valence-electron chi connectivity index (χ1n) is 10.6. The molecule has 2 amide bonds. The molecule has 9 nitrogen and oxygen atoms in total. The maximum Gasteiger partial charge on any atom is 0.270 e. The molecule has 2 N–H and O–H groups in total. The van der Waals surface area contributed by atoms with Crippen molar-refractivity contribution in [2.24, 2.45) is 5.92 Å². The number of hydrogen-bond donors (Lipinski definition) is 2. The molecule has 0 aliphatic carbocycles. The van der Waals surface area contributed by atoms with Crippen LogP contribution >= 0.6 is 0 Å². The SMILES string of the molecule is COc1ccc(C(=O)N/C(=C\c2ccc(-c3cccc([N+](=O)[O-])c3)o2)C(=O)NCC(C)C)cc1. The van der Waals surface area contributed by atoms with Crippen LogP contribution < -0.4 is 15.4 Å². The third-order valence-electron chi connectivity index (χ3n) is 4.77. The fourth-order valence-corrected chi connectivity index (χ4v) is 2.99. The van der Waals surface area contributed by atoms with Gasteiger partial charge >= 0.3 is 0 Å². The fraction of sp³-hybridized carbons (Fsp3) is 0.200. The number of rotatable bonds is 9. The van der Waals surface area contributed by atoms with Crippen LogP contribution in [0.4, 0.5) is 5.69 Å². The summed E-state index contributed by atoms with van der Waals surface area (Å²) < 4.78 is 10.9. The van der Waals surface area contributed by atoms with Crippen LogP contribution in [0.15, 0.2) is 70.8 Å². The van der Waals surface area contributed by atoms with Gasteiger partial charge in [-0.3, -0.25) is 19.7 Å². The van der Waals surface area contributed by atoms with E-state index in [2.05, 4.69) is 10.6 Å². The van der Waals surface area contributed by atoms with Crippen molar-refractivity contribution in [3.8, 4) is 17.1 Å². The van der Waals surface area contributed by atoms with Gasteiger partial charge in [0.15, 0.2) is 0 Å². The van der Waals surface area contributed by atoms with Gasteiger partial charge in [0, 0.05) is 35.9 Å². The molecule has 0 aliphatic heterocycles. The van der Waals surface area contributed by atoms with Crippen molar-refractivity contribution in [1.29, 1.82) is 0 Å². The lowest BCUT2D eigenvalue weighted by Crippen LogP contribution is -2.36. The van der Waals surface area contributed by atoms with E-state index in [1.165, 1.54) is 25.3 Å². The van der Waals surface area contributed by atoms with Crippen molar-refractivity contribution in [2.75, 3.05) is 13.7 Å². The molecule has 0 saturated heterocycles. The van der Waals surface area contributed by atoms with Gasteiger partial charge in [-0.1, -0.05) is 26.0 Å². The lowest BCUT2D eigenvalue weighted by atomic mass is 10.1. The molecule has 0 spiro atoms. The zero-order valence-corrected chi connectivity index (χ0v) is 19.0. The summed E-state index contributed by atoms with van der Waals surface area (Å²) in [5, 5.41) is 16.5. The molecular weight excluding hydrogens is 438 g/mol. The highest BCUT2D eigenvalue weighted by Gasteiger charge is 2.17. The molecule has 1 heterocycles. The zero-order chi connectivity index (χ0) is 24.7. The molecule has 2 aromatic carbocycles. The van der Waals surface area contributed by atoms with Gasteiger partial charge in [-0.25, -0.2) is 0 Å². The first-order valence-corrected chi connectivity index (χ1v) is 10.6. The van der Waals surface area contributed by atoms with Crippen LogP contribution in [0.25, 0.3) is 17.4 Å². The molecule has 0 saturated carbocycles. The quantitative estimate of drug-likeness (QED) is 0.275. The predicted molar refractivity (Wildman–Crippen MR) is 127 cm³/mol. The monoisotopic (exact) mass is 463 g/mol. The summed E-state index contributed by atoms with van der Waals surface area (Å²) in [6.45, 7) is 4.33. The third-order valence-corrected chi connectivity index (χ3v) is 4.77. The molecule has 3 rings (SSSR count). The van der Waals surface area contributed by atoms with Crippen LogP contribution in [-0.2, 0) is 4.79 Å². The van der Waals surface area contributed by atoms with E-state index in [4.69, 9.17) is 9.15 Å². The number of nitro groups is 1. The molecule has 0 fully saturated rings. The number of methoxy groups -OCH3 is 1. The maximum absolute atomic E-state index is 12.8. The average molecular weight is 463 g/mol. The first kappa shape index (κ1) is 24.2. The van der Waals surface area contributed by atoms with Crippen LogP contribution in [-0.4, -0.2) is 30.4 Å². The average Bonchev–Trinajstić information content (AvgIpc) is 3.30. The summed E-state index contributed by atoms with van der Waals surface area (Å²) in [6, 6.07) is 15.8. The number of hydrogen-bond acceptors (Lipinski definition) is 6. The Balaban J connectivity index is 1.87. The minimum absolute atomic E-state index is 0.00131. The molecule has 0 unspecified atom stereocenters. The van der Waals surface area contributed by atoms with E-state index in [1.54, 1.807) is 48.5 Å². The van der Waals surface area contributed by atoms with Gasteiger partial charge in [-0.2, -0.15) is 0 Å². The highest BCUT2D eigenvalue weighted by atomic mass is 16.6.